The number of carbonyl (C=O) groups excluding carboxylic acids is 6. The molecule has 6 amide bonds. The van der Waals surface area contributed by atoms with E-state index >= 15 is 0 Å². The van der Waals surface area contributed by atoms with Crippen molar-refractivity contribution in [2.24, 2.45) is 0 Å². The van der Waals surface area contributed by atoms with Gasteiger partial charge in [-0.1, -0.05) is 24.3 Å². The molecule has 16 heteroatoms. The minimum Gasteiger partial charge on any atom is -0.453 e. The second-order valence-electron chi connectivity index (χ2n) is 13.8. The Morgan fingerprint density at radius 3 is 1.43 bits per heavy atom. The highest BCUT2D eigenvalue weighted by Crippen LogP contribution is 2.25. The van der Waals surface area contributed by atoms with E-state index in [0.717, 1.165) is 16.8 Å². The number of likely N-dealkylation sites (tertiary alicyclic amines) is 2. The maximum absolute atomic E-state index is 13.9. The lowest BCUT2D eigenvalue weighted by molar-refractivity contribution is -0.138. The van der Waals surface area contributed by atoms with E-state index in [1.165, 1.54) is 36.2 Å². The first-order chi connectivity index (χ1) is 26.9. The molecule has 0 aliphatic carbocycles. The van der Waals surface area contributed by atoms with Gasteiger partial charge >= 0.3 is 12.2 Å². The number of rotatable bonds is 13. The number of carbonyl (C=O) groups is 6. The lowest BCUT2D eigenvalue weighted by Gasteiger charge is -2.27. The van der Waals surface area contributed by atoms with Crippen molar-refractivity contribution >= 4 is 52.9 Å². The van der Waals surface area contributed by atoms with Crippen LogP contribution in [0.2, 0.25) is 0 Å². The predicted octanol–water partition coefficient (Wildman–Crippen LogP) is 4.38. The zero-order valence-electron chi connectivity index (χ0n) is 31.9. The number of methoxy groups -OCH3 is 2. The quantitative estimate of drug-likeness (QED) is 0.196. The highest BCUT2D eigenvalue weighted by Gasteiger charge is 2.37. The van der Waals surface area contributed by atoms with Gasteiger partial charge in [-0.2, -0.15) is 0 Å². The number of hydrogen-bond donors (Lipinski definition) is 4. The van der Waals surface area contributed by atoms with Crippen molar-refractivity contribution in [3.63, 3.8) is 0 Å². The fourth-order valence-electron chi connectivity index (χ4n) is 6.87. The molecule has 0 bridgehead atoms. The number of nitrogens with one attached hydrogen (secondary N) is 4. The van der Waals surface area contributed by atoms with Gasteiger partial charge in [0.15, 0.2) is 0 Å². The summed E-state index contributed by atoms with van der Waals surface area (Å²) >= 11 is 0. The van der Waals surface area contributed by atoms with Gasteiger partial charge in [-0.05, 0) is 99.2 Å². The van der Waals surface area contributed by atoms with Gasteiger partial charge in [-0.3, -0.25) is 19.2 Å². The first-order valence-corrected chi connectivity index (χ1v) is 18.5. The molecule has 0 spiro atoms. The Bertz CT molecular complexity index is 1760. The van der Waals surface area contributed by atoms with E-state index in [1.54, 1.807) is 50.2 Å². The van der Waals surface area contributed by atoms with Crippen molar-refractivity contribution in [2.75, 3.05) is 42.8 Å². The summed E-state index contributed by atoms with van der Waals surface area (Å²) in [6.45, 7) is 4.79. The van der Waals surface area contributed by atoms with Gasteiger partial charge in [0.05, 0.1) is 14.2 Å². The summed E-state index contributed by atoms with van der Waals surface area (Å²) in [5.41, 5.74) is 3.74. The van der Waals surface area contributed by atoms with Gasteiger partial charge in [-0.25, -0.2) is 14.0 Å². The van der Waals surface area contributed by atoms with E-state index in [9.17, 15) is 33.2 Å². The summed E-state index contributed by atoms with van der Waals surface area (Å²) in [7, 11) is 2.42. The van der Waals surface area contributed by atoms with Crippen LogP contribution in [0.3, 0.4) is 0 Å². The summed E-state index contributed by atoms with van der Waals surface area (Å²) in [6.07, 6.45) is 0.855. The first kappa shape index (κ1) is 41.0. The molecule has 2 saturated heterocycles. The van der Waals surface area contributed by atoms with E-state index in [1.807, 2.05) is 24.3 Å². The molecule has 5 rings (SSSR count). The summed E-state index contributed by atoms with van der Waals surface area (Å²) in [6, 6.07) is 17.8. The summed E-state index contributed by atoms with van der Waals surface area (Å²) < 4.78 is 23.1. The molecule has 4 N–H and O–H groups in total. The van der Waals surface area contributed by atoms with Gasteiger partial charge in [-0.15, -0.1) is 0 Å². The molecule has 298 valence electrons. The first-order valence-electron chi connectivity index (χ1n) is 18.5. The Balaban J connectivity index is 1.20. The second kappa shape index (κ2) is 18.9. The summed E-state index contributed by atoms with van der Waals surface area (Å²) in [5.74, 6) is -1.73. The molecule has 4 atom stereocenters. The van der Waals surface area contributed by atoms with E-state index in [2.05, 4.69) is 35.6 Å². The molecule has 15 nitrogen and oxygen atoms in total. The Morgan fingerprint density at radius 2 is 1.05 bits per heavy atom. The average molecular weight is 774 g/mol. The van der Waals surface area contributed by atoms with Crippen LogP contribution in [0.15, 0.2) is 72.8 Å². The number of hydrogen-bond acceptors (Lipinski definition) is 9. The fraction of sp³-hybridized carbons (Fsp3) is 0.400. The number of benzene rings is 3. The highest BCUT2D eigenvalue weighted by molar-refractivity contribution is 5.99. The van der Waals surface area contributed by atoms with Crippen molar-refractivity contribution in [1.82, 2.24) is 20.4 Å². The van der Waals surface area contributed by atoms with Gasteiger partial charge < -0.3 is 45.4 Å². The maximum atomic E-state index is 13.9. The molecule has 0 radical (unpaired) electrons. The SMILES string of the molecule is COC(=O)N[C@H](C)C(=O)N1CCC[C@H]1C(=O)Nc1ccc(CN(Cc2ccc(NC(=O)[C@@H]3CCCN3C(=O)[C@@H](C)NC(=O)OC)cc2)c2ccc(F)cc2)cc1. The summed E-state index contributed by atoms with van der Waals surface area (Å²) in [4.78, 5) is 80.7. The average Bonchev–Trinajstić information content (AvgIpc) is 3.90. The topological polar surface area (TPSA) is 179 Å². The Labute approximate surface area is 324 Å². The van der Waals surface area contributed by atoms with Crippen LogP contribution in [-0.4, -0.2) is 97.1 Å². The van der Waals surface area contributed by atoms with Crippen LogP contribution in [0, 0.1) is 5.82 Å². The fourth-order valence-corrected chi connectivity index (χ4v) is 6.87. The van der Waals surface area contributed by atoms with E-state index in [0.29, 0.717) is 63.2 Å². The normalized spacial score (nSPS) is 17.3. The number of ether oxygens (including phenoxy) is 2. The van der Waals surface area contributed by atoms with Crippen LogP contribution < -0.4 is 26.2 Å². The predicted molar refractivity (Wildman–Crippen MR) is 206 cm³/mol. The van der Waals surface area contributed by atoms with Crippen LogP contribution in [0.1, 0.15) is 50.7 Å². The molecular weight excluding hydrogens is 725 g/mol. The van der Waals surface area contributed by atoms with Crippen molar-refractivity contribution in [3.8, 4) is 0 Å². The van der Waals surface area contributed by atoms with Crippen LogP contribution in [0.4, 0.5) is 31.0 Å². The zero-order valence-corrected chi connectivity index (χ0v) is 31.9. The minimum absolute atomic E-state index is 0.321. The van der Waals surface area contributed by atoms with Gasteiger partial charge in [0.2, 0.25) is 23.6 Å². The van der Waals surface area contributed by atoms with Gasteiger partial charge in [0.1, 0.15) is 30.0 Å². The Kier molecular flexibility index (Phi) is 13.8. The monoisotopic (exact) mass is 773 g/mol. The molecule has 2 heterocycles. The zero-order chi connectivity index (χ0) is 40.4. The molecule has 0 unspecified atom stereocenters. The van der Waals surface area contributed by atoms with E-state index < -0.39 is 36.4 Å². The third-order valence-electron chi connectivity index (χ3n) is 9.84. The standard InChI is InChI=1S/C40H48FN7O8/c1-25(42-39(53)55-3)37(51)47-21-5-7-33(47)35(49)44-30-15-9-27(10-16-30)23-46(32-19-13-29(41)14-20-32)24-28-11-17-31(18-12-28)45-36(50)34-8-6-22-48(34)38(52)26(2)43-40(54)56-4/h9-20,25-26,33-34H,5-8,21-24H2,1-4H3,(H,42,53)(H,43,54)(H,44,49)(H,45,50)/t25-,26-,33+,34+/m1/s1. The molecule has 3 aromatic carbocycles. The van der Waals surface area contributed by atoms with E-state index in [-0.39, 0.29) is 29.4 Å². The highest BCUT2D eigenvalue weighted by atomic mass is 19.1. The molecule has 3 aromatic rings. The van der Waals surface area contributed by atoms with Crippen LogP contribution in [0.5, 0.6) is 0 Å². The molecule has 2 aliphatic rings. The molecule has 0 saturated carbocycles. The summed E-state index contributed by atoms with van der Waals surface area (Å²) in [5, 5.41) is 10.7. The molecule has 56 heavy (non-hydrogen) atoms. The molecular formula is C40H48FN7O8. The minimum atomic E-state index is -0.849. The number of amides is 6. The van der Waals surface area contributed by atoms with Gasteiger partial charge in [0, 0.05) is 43.2 Å². The lowest BCUT2D eigenvalue weighted by Crippen LogP contribution is -2.51. The molecule has 2 fully saturated rings. The van der Waals surface area contributed by atoms with Crippen molar-refractivity contribution in [3.05, 3.63) is 89.7 Å². The number of anilines is 3. The number of halogens is 1. The van der Waals surface area contributed by atoms with Crippen molar-refractivity contribution in [1.29, 1.82) is 0 Å². The smallest absolute Gasteiger partial charge is 0.407 e. The van der Waals surface area contributed by atoms with Crippen molar-refractivity contribution < 1.29 is 42.6 Å². The Hall–Kier alpha value is -6.19. The third-order valence-corrected chi connectivity index (χ3v) is 9.84. The van der Waals surface area contributed by atoms with Gasteiger partial charge in [0.25, 0.3) is 0 Å². The van der Waals surface area contributed by atoms with Crippen LogP contribution >= 0.6 is 0 Å². The number of alkyl carbamates (subject to hydrolysis) is 2. The third kappa shape index (κ3) is 10.5. The second-order valence-corrected chi connectivity index (χ2v) is 13.8. The van der Waals surface area contributed by atoms with E-state index in [4.69, 9.17) is 0 Å². The molecule has 0 aromatic heterocycles. The largest absolute Gasteiger partial charge is 0.453 e. The number of nitrogens with zero attached hydrogens (tertiary/aromatic N) is 3. The molecule has 2 aliphatic heterocycles. The maximum Gasteiger partial charge on any atom is 0.407 e. The van der Waals surface area contributed by atoms with Crippen molar-refractivity contribution in [2.45, 2.75) is 76.8 Å². The van der Waals surface area contributed by atoms with Crippen LogP contribution in [0.25, 0.3) is 0 Å². The lowest BCUT2D eigenvalue weighted by atomic mass is 10.1. The Morgan fingerprint density at radius 1 is 0.661 bits per heavy atom. The van der Waals surface area contributed by atoms with Crippen LogP contribution in [-0.2, 0) is 41.7 Å².